The van der Waals surface area contributed by atoms with Crippen LogP contribution in [0.15, 0.2) is 40.5 Å². The Balaban J connectivity index is 1.68. The van der Waals surface area contributed by atoms with Gasteiger partial charge in [-0.1, -0.05) is 17.7 Å². The topological polar surface area (TPSA) is 67.1 Å². The number of aryl methyl sites for hydroxylation is 2. The van der Waals surface area contributed by atoms with Gasteiger partial charge in [0, 0.05) is 31.3 Å². The summed E-state index contributed by atoms with van der Waals surface area (Å²) >= 11 is 1.83. The first-order chi connectivity index (χ1) is 10.7. The molecule has 7 heteroatoms. The van der Waals surface area contributed by atoms with Gasteiger partial charge in [-0.25, -0.2) is 4.98 Å². The third-order valence-corrected chi connectivity index (χ3v) is 4.14. The zero-order valence-corrected chi connectivity index (χ0v) is 14.0. The maximum Gasteiger partial charge on any atom is 0.191 e. The highest BCUT2D eigenvalue weighted by Gasteiger charge is 2.02. The summed E-state index contributed by atoms with van der Waals surface area (Å²) in [6.45, 7) is 3.54. The van der Waals surface area contributed by atoms with E-state index >= 15 is 0 Å². The van der Waals surface area contributed by atoms with Gasteiger partial charge in [0.1, 0.15) is 12.2 Å². The Labute approximate surface area is 135 Å². The second-order valence-corrected chi connectivity index (χ2v) is 5.98. The first-order valence-electron chi connectivity index (χ1n) is 7.16. The molecule has 2 rings (SSSR count). The van der Waals surface area contributed by atoms with E-state index < -0.39 is 0 Å². The Hall–Kier alpha value is -2.02. The smallest absolute Gasteiger partial charge is 0.191 e. The fourth-order valence-electron chi connectivity index (χ4n) is 1.84. The van der Waals surface area contributed by atoms with Gasteiger partial charge in [0.2, 0.25) is 0 Å². The van der Waals surface area contributed by atoms with Crippen LogP contribution in [0.1, 0.15) is 11.4 Å². The van der Waals surface area contributed by atoms with Crippen molar-refractivity contribution in [3.05, 3.63) is 42.0 Å². The van der Waals surface area contributed by atoms with Gasteiger partial charge in [0.05, 0.1) is 6.54 Å². The molecule has 118 valence electrons. The molecule has 2 N–H and O–H groups in total. The number of rotatable bonds is 6. The molecule has 6 nitrogen and oxygen atoms in total. The Kier molecular flexibility index (Phi) is 6.27. The first-order valence-corrected chi connectivity index (χ1v) is 8.14. The van der Waals surface area contributed by atoms with Crippen molar-refractivity contribution in [1.82, 2.24) is 25.4 Å². The Morgan fingerprint density at radius 3 is 2.68 bits per heavy atom. The number of aliphatic imine (C=N–C) groups is 1. The van der Waals surface area contributed by atoms with Gasteiger partial charge in [-0.15, -0.1) is 11.8 Å². The highest BCUT2D eigenvalue weighted by molar-refractivity contribution is 7.99. The van der Waals surface area contributed by atoms with E-state index in [0.29, 0.717) is 6.54 Å². The lowest BCUT2D eigenvalue weighted by atomic mass is 10.2. The maximum absolute atomic E-state index is 4.20. The summed E-state index contributed by atoms with van der Waals surface area (Å²) in [7, 11) is 3.64. The lowest BCUT2D eigenvalue weighted by molar-refractivity contribution is 0.674. The molecule has 0 saturated carbocycles. The third-order valence-electron chi connectivity index (χ3n) is 3.13. The highest BCUT2D eigenvalue weighted by atomic mass is 32.2. The zero-order valence-electron chi connectivity index (χ0n) is 13.2. The average molecular weight is 318 g/mol. The van der Waals surface area contributed by atoms with Crippen molar-refractivity contribution in [3.63, 3.8) is 0 Å². The number of hydrogen-bond acceptors (Lipinski definition) is 4. The molecule has 0 aliphatic rings. The summed E-state index contributed by atoms with van der Waals surface area (Å²) in [4.78, 5) is 9.66. The van der Waals surface area contributed by atoms with Crippen LogP contribution in [-0.4, -0.2) is 40.1 Å². The summed E-state index contributed by atoms with van der Waals surface area (Å²) < 4.78 is 1.74. The van der Waals surface area contributed by atoms with Crippen LogP contribution in [-0.2, 0) is 13.6 Å². The SMILES string of the molecule is CN=C(NCCSc1ccc(C)cc1)NCc1ncnn1C. The number of nitrogens with one attached hydrogen (secondary N) is 2. The highest BCUT2D eigenvalue weighted by Crippen LogP contribution is 2.17. The lowest BCUT2D eigenvalue weighted by Crippen LogP contribution is -2.38. The van der Waals surface area contributed by atoms with Crippen LogP contribution >= 0.6 is 11.8 Å². The van der Waals surface area contributed by atoms with Crippen LogP contribution in [0.3, 0.4) is 0 Å². The van der Waals surface area contributed by atoms with Crippen LogP contribution in [0.5, 0.6) is 0 Å². The molecular formula is C15H22N6S. The van der Waals surface area contributed by atoms with Crippen LogP contribution in [0.25, 0.3) is 0 Å². The number of guanidine groups is 1. The Bertz CT molecular complexity index is 605. The fraction of sp³-hybridized carbons (Fsp3) is 0.400. The van der Waals surface area contributed by atoms with Crippen molar-refractivity contribution in [3.8, 4) is 0 Å². The molecule has 0 saturated heterocycles. The van der Waals surface area contributed by atoms with Gasteiger partial charge >= 0.3 is 0 Å². The van der Waals surface area contributed by atoms with E-state index in [1.165, 1.54) is 10.5 Å². The van der Waals surface area contributed by atoms with E-state index in [-0.39, 0.29) is 0 Å². The average Bonchev–Trinajstić information content (AvgIpc) is 2.93. The Morgan fingerprint density at radius 2 is 2.05 bits per heavy atom. The van der Waals surface area contributed by atoms with Gasteiger partial charge < -0.3 is 10.6 Å². The predicted octanol–water partition coefficient (Wildman–Crippen LogP) is 1.58. The molecule has 1 aromatic heterocycles. The van der Waals surface area contributed by atoms with Crippen molar-refractivity contribution in [2.24, 2.45) is 12.0 Å². The zero-order chi connectivity index (χ0) is 15.8. The van der Waals surface area contributed by atoms with Gasteiger partial charge in [-0.2, -0.15) is 5.10 Å². The Morgan fingerprint density at radius 1 is 1.27 bits per heavy atom. The minimum Gasteiger partial charge on any atom is -0.356 e. The molecule has 1 aromatic carbocycles. The van der Waals surface area contributed by atoms with E-state index in [9.17, 15) is 0 Å². The molecule has 0 unspecified atom stereocenters. The van der Waals surface area contributed by atoms with E-state index in [1.54, 1.807) is 18.1 Å². The molecule has 0 aliphatic heterocycles. The second-order valence-electron chi connectivity index (χ2n) is 4.81. The van der Waals surface area contributed by atoms with Crippen LogP contribution in [0.4, 0.5) is 0 Å². The summed E-state index contributed by atoms with van der Waals surface area (Å²) in [5, 5.41) is 10.6. The van der Waals surface area contributed by atoms with E-state index in [4.69, 9.17) is 0 Å². The van der Waals surface area contributed by atoms with Crippen molar-refractivity contribution < 1.29 is 0 Å². The van der Waals surface area contributed by atoms with Gasteiger partial charge in [0.25, 0.3) is 0 Å². The van der Waals surface area contributed by atoms with Crippen molar-refractivity contribution >= 4 is 17.7 Å². The minimum absolute atomic E-state index is 0.598. The van der Waals surface area contributed by atoms with Crippen LogP contribution < -0.4 is 10.6 Å². The molecule has 0 amide bonds. The number of nitrogens with zero attached hydrogens (tertiary/aromatic N) is 4. The van der Waals surface area contributed by atoms with Crippen LogP contribution in [0, 0.1) is 6.92 Å². The standard InChI is InChI=1S/C15H22N6S/c1-12-4-6-13(7-5-12)22-9-8-17-15(16-2)18-10-14-19-11-20-21(14)3/h4-7,11H,8-10H2,1-3H3,(H2,16,17,18). The van der Waals surface area contributed by atoms with E-state index in [0.717, 1.165) is 24.1 Å². The molecule has 0 spiro atoms. The molecule has 0 radical (unpaired) electrons. The monoisotopic (exact) mass is 318 g/mol. The van der Waals surface area contributed by atoms with Gasteiger partial charge in [-0.05, 0) is 19.1 Å². The summed E-state index contributed by atoms with van der Waals surface area (Å²) in [6.07, 6.45) is 1.55. The molecule has 2 aromatic rings. The van der Waals surface area contributed by atoms with Crippen LogP contribution in [0.2, 0.25) is 0 Å². The lowest BCUT2D eigenvalue weighted by Gasteiger charge is -2.11. The van der Waals surface area contributed by atoms with Crippen molar-refractivity contribution in [1.29, 1.82) is 0 Å². The van der Waals surface area contributed by atoms with Crippen molar-refractivity contribution in [2.45, 2.75) is 18.4 Å². The van der Waals surface area contributed by atoms with E-state index in [1.807, 2.05) is 18.8 Å². The van der Waals surface area contributed by atoms with Crippen molar-refractivity contribution in [2.75, 3.05) is 19.3 Å². The second kappa shape index (κ2) is 8.43. The number of aromatic nitrogens is 3. The summed E-state index contributed by atoms with van der Waals surface area (Å²) in [5.74, 6) is 2.62. The first kappa shape index (κ1) is 16.4. The molecule has 0 fully saturated rings. The van der Waals surface area contributed by atoms with E-state index in [2.05, 4.69) is 56.9 Å². The van der Waals surface area contributed by atoms with Gasteiger partial charge in [-0.3, -0.25) is 9.67 Å². The maximum atomic E-state index is 4.20. The largest absolute Gasteiger partial charge is 0.356 e. The minimum atomic E-state index is 0.598. The predicted molar refractivity (Wildman–Crippen MR) is 91.1 cm³/mol. The summed E-state index contributed by atoms with van der Waals surface area (Å²) in [6, 6.07) is 8.58. The molecule has 0 bridgehead atoms. The number of hydrogen-bond donors (Lipinski definition) is 2. The molecule has 0 aliphatic carbocycles. The molecule has 1 heterocycles. The molecule has 0 atom stereocenters. The van der Waals surface area contributed by atoms with Gasteiger partial charge in [0.15, 0.2) is 5.96 Å². The number of benzene rings is 1. The molecule has 22 heavy (non-hydrogen) atoms. The fourth-order valence-corrected chi connectivity index (χ4v) is 2.60. The number of thioether (sulfide) groups is 1. The quantitative estimate of drug-likeness (QED) is 0.366. The third kappa shape index (κ3) is 5.07. The molecular weight excluding hydrogens is 296 g/mol. The summed E-state index contributed by atoms with van der Waals surface area (Å²) in [5.41, 5.74) is 1.29. The normalized spacial score (nSPS) is 11.5.